The molecule has 5 heteroatoms. The quantitative estimate of drug-likeness (QED) is 0.488. The second kappa shape index (κ2) is 5.96. The van der Waals surface area contributed by atoms with Gasteiger partial charge in [0.05, 0.1) is 0 Å². The average Bonchev–Trinajstić information content (AvgIpc) is 2.35. The third kappa shape index (κ3) is 3.85. The molecule has 0 aliphatic rings. The lowest BCUT2D eigenvalue weighted by molar-refractivity contribution is -0.162. The number of carboxylic acid groups (broad SMARTS) is 1. The maximum atomic E-state index is 10.9. The highest BCUT2D eigenvalue weighted by atomic mass is 16.4. The minimum Gasteiger partial charge on any atom is -0.478 e. The normalized spacial score (nSPS) is 13.5. The number of aliphatic hydroxyl groups is 1. The molecule has 0 saturated heterocycles. The Morgan fingerprint density at radius 1 is 1.41 bits per heavy atom. The van der Waals surface area contributed by atoms with Crippen molar-refractivity contribution < 1.29 is 19.8 Å². The van der Waals surface area contributed by atoms with E-state index in [0.717, 1.165) is 11.6 Å². The van der Waals surface area contributed by atoms with Gasteiger partial charge in [-0.15, -0.1) is 0 Å². The number of benzene rings is 1. The highest BCUT2D eigenvalue weighted by Crippen LogP contribution is 2.09. The van der Waals surface area contributed by atoms with Crippen LogP contribution < -0.4 is 5.32 Å². The van der Waals surface area contributed by atoms with Gasteiger partial charge in [0.1, 0.15) is 5.94 Å². The predicted molar refractivity (Wildman–Crippen MR) is 60.7 cm³/mol. The van der Waals surface area contributed by atoms with Crippen LogP contribution in [-0.2, 0) is 16.1 Å². The Kier molecular flexibility index (Phi) is 4.60. The summed E-state index contributed by atoms with van der Waals surface area (Å²) < 4.78 is 0. The van der Waals surface area contributed by atoms with Crippen LogP contribution in [-0.4, -0.2) is 27.8 Å². The standard InChI is InChI=1S/C12H13NO4/c14-8-4-7-12(17,11(15)16)13-9-10-5-2-1-3-6-10/h1-6,13,17H,7,9H2,(H,15,16). The number of carbonyl (C=O) groups is 1. The highest BCUT2D eigenvalue weighted by molar-refractivity contribution is 5.77. The Morgan fingerprint density at radius 2 is 2.06 bits per heavy atom. The molecule has 0 bridgehead atoms. The van der Waals surface area contributed by atoms with E-state index in [1.54, 1.807) is 12.1 Å². The van der Waals surface area contributed by atoms with Crippen LogP contribution in [0.2, 0.25) is 0 Å². The van der Waals surface area contributed by atoms with Crippen molar-refractivity contribution in [2.45, 2.75) is 18.7 Å². The van der Waals surface area contributed by atoms with Crippen molar-refractivity contribution in [1.82, 2.24) is 5.32 Å². The number of carboxylic acids is 1. The van der Waals surface area contributed by atoms with E-state index in [1.165, 1.54) is 5.94 Å². The minimum atomic E-state index is -2.15. The van der Waals surface area contributed by atoms with Gasteiger partial charge in [0.15, 0.2) is 0 Å². The number of nitrogens with one attached hydrogen (secondary N) is 1. The summed E-state index contributed by atoms with van der Waals surface area (Å²) in [6.07, 6.45) is 0.602. The van der Waals surface area contributed by atoms with Crippen molar-refractivity contribution in [3.63, 3.8) is 0 Å². The summed E-state index contributed by atoms with van der Waals surface area (Å²) in [5, 5.41) is 21.1. The number of hydrogen-bond donors (Lipinski definition) is 3. The molecule has 3 N–H and O–H groups in total. The van der Waals surface area contributed by atoms with Gasteiger partial charge in [0.2, 0.25) is 5.72 Å². The van der Waals surface area contributed by atoms with Gasteiger partial charge in [0, 0.05) is 19.0 Å². The molecule has 0 aromatic heterocycles. The molecule has 0 fully saturated rings. The molecule has 1 aromatic carbocycles. The molecule has 0 aliphatic carbocycles. The zero-order valence-electron chi connectivity index (χ0n) is 9.09. The summed E-state index contributed by atoms with van der Waals surface area (Å²) in [5.41, 5.74) is -1.31. The molecule has 0 saturated carbocycles. The van der Waals surface area contributed by atoms with Gasteiger partial charge in [-0.2, -0.15) is 0 Å². The van der Waals surface area contributed by atoms with E-state index in [-0.39, 0.29) is 13.0 Å². The van der Waals surface area contributed by atoms with Crippen LogP contribution in [0.15, 0.2) is 36.4 Å². The molecule has 0 spiro atoms. The second-order valence-corrected chi connectivity index (χ2v) is 3.53. The van der Waals surface area contributed by atoms with E-state index >= 15 is 0 Å². The van der Waals surface area contributed by atoms with Crippen molar-refractivity contribution >= 4 is 11.9 Å². The van der Waals surface area contributed by atoms with E-state index in [1.807, 2.05) is 18.2 Å². The van der Waals surface area contributed by atoms with Crippen LogP contribution in [0.5, 0.6) is 0 Å². The molecule has 0 amide bonds. The second-order valence-electron chi connectivity index (χ2n) is 3.53. The van der Waals surface area contributed by atoms with E-state index in [2.05, 4.69) is 5.32 Å². The predicted octanol–water partition coefficient (Wildman–Crippen LogP) is 0.327. The summed E-state index contributed by atoms with van der Waals surface area (Å²) in [4.78, 5) is 20.9. The highest BCUT2D eigenvalue weighted by Gasteiger charge is 2.34. The summed E-state index contributed by atoms with van der Waals surface area (Å²) in [7, 11) is 0. The van der Waals surface area contributed by atoms with Crippen LogP contribution in [0.25, 0.3) is 0 Å². The van der Waals surface area contributed by atoms with E-state index < -0.39 is 11.7 Å². The van der Waals surface area contributed by atoms with Crippen molar-refractivity contribution in [3.8, 4) is 0 Å². The first-order valence-electron chi connectivity index (χ1n) is 5.02. The average molecular weight is 235 g/mol. The molecular formula is C12H13NO4. The number of aliphatic carboxylic acids is 1. The van der Waals surface area contributed by atoms with Crippen molar-refractivity contribution in [1.29, 1.82) is 0 Å². The largest absolute Gasteiger partial charge is 0.478 e. The third-order valence-corrected chi connectivity index (χ3v) is 2.26. The lowest BCUT2D eigenvalue weighted by Gasteiger charge is -2.22. The maximum absolute atomic E-state index is 10.9. The van der Waals surface area contributed by atoms with Gasteiger partial charge in [-0.25, -0.2) is 9.59 Å². The van der Waals surface area contributed by atoms with Gasteiger partial charge < -0.3 is 10.2 Å². The number of carbonyl (C=O) groups excluding carboxylic acids is 1. The van der Waals surface area contributed by atoms with Crippen LogP contribution in [0.4, 0.5) is 0 Å². The lowest BCUT2D eigenvalue weighted by Crippen LogP contribution is -2.51. The summed E-state index contributed by atoms with van der Waals surface area (Å²) in [5.74, 6) is 0.00748. The zero-order chi connectivity index (χ0) is 12.7. The van der Waals surface area contributed by atoms with Crippen molar-refractivity contribution in [2.75, 3.05) is 0 Å². The summed E-state index contributed by atoms with van der Waals surface area (Å²) >= 11 is 0. The van der Waals surface area contributed by atoms with Crippen LogP contribution in [0.3, 0.4) is 0 Å². The fourth-order valence-electron chi connectivity index (χ4n) is 1.27. The van der Waals surface area contributed by atoms with Gasteiger partial charge >= 0.3 is 5.97 Å². The van der Waals surface area contributed by atoms with E-state index in [9.17, 15) is 14.7 Å². The molecule has 5 nitrogen and oxygen atoms in total. The van der Waals surface area contributed by atoms with Gasteiger partial charge in [-0.1, -0.05) is 30.3 Å². The Morgan fingerprint density at radius 3 is 2.59 bits per heavy atom. The molecule has 0 heterocycles. The van der Waals surface area contributed by atoms with Gasteiger partial charge in [-0.3, -0.25) is 5.32 Å². The molecule has 1 unspecified atom stereocenters. The Balaban J connectivity index is 2.68. The molecular weight excluding hydrogens is 222 g/mol. The van der Waals surface area contributed by atoms with E-state index in [4.69, 9.17) is 5.11 Å². The topological polar surface area (TPSA) is 86.6 Å². The molecule has 0 aliphatic heterocycles. The monoisotopic (exact) mass is 235 g/mol. The summed E-state index contributed by atoms with van der Waals surface area (Å²) in [6, 6.07) is 9.04. The minimum absolute atomic E-state index is 0.191. The first kappa shape index (κ1) is 13.1. The third-order valence-electron chi connectivity index (χ3n) is 2.26. The molecule has 0 radical (unpaired) electrons. The molecule has 17 heavy (non-hydrogen) atoms. The number of hydrogen-bond acceptors (Lipinski definition) is 4. The van der Waals surface area contributed by atoms with Gasteiger partial charge in [-0.05, 0) is 5.56 Å². The van der Waals surface area contributed by atoms with Crippen molar-refractivity contribution in [3.05, 3.63) is 42.0 Å². The SMILES string of the molecule is O=C=CCC(O)(NCc1ccccc1)C(=O)O. The molecule has 1 rings (SSSR count). The first-order chi connectivity index (χ1) is 8.08. The van der Waals surface area contributed by atoms with Crippen molar-refractivity contribution in [2.24, 2.45) is 0 Å². The Labute approximate surface area is 98.4 Å². The van der Waals surface area contributed by atoms with Crippen LogP contribution in [0.1, 0.15) is 12.0 Å². The summed E-state index contributed by atoms with van der Waals surface area (Å²) in [6.45, 7) is 0.191. The Bertz CT molecular complexity index is 425. The van der Waals surface area contributed by atoms with E-state index in [0.29, 0.717) is 0 Å². The van der Waals surface area contributed by atoms with Crippen LogP contribution in [0, 0.1) is 0 Å². The first-order valence-corrected chi connectivity index (χ1v) is 5.02. The molecule has 90 valence electrons. The molecule has 1 aromatic rings. The van der Waals surface area contributed by atoms with Gasteiger partial charge in [0.25, 0.3) is 0 Å². The molecule has 1 atom stereocenters. The smallest absolute Gasteiger partial charge is 0.351 e. The number of rotatable bonds is 6. The fourth-order valence-corrected chi connectivity index (χ4v) is 1.27. The Hall–Kier alpha value is -1.94. The lowest BCUT2D eigenvalue weighted by atomic mass is 10.1. The fraction of sp³-hybridized carbons (Fsp3) is 0.250. The van der Waals surface area contributed by atoms with Crippen LogP contribution >= 0.6 is 0 Å². The zero-order valence-corrected chi connectivity index (χ0v) is 9.09. The maximum Gasteiger partial charge on any atom is 0.351 e.